The average molecular weight is 334 g/mol. The van der Waals surface area contributed by atoms with Crippen molar-refractivity contribution < 1.29 is 13.2 Å². The number of aromatic nitrogens is 2. The smallest absolute Gasteiger partial charge is 0.182 e. The van der Waals surface area contributed by atoms with Crippen LogP contribution in [0, 0.1) is 17.5 Å². The van der Waals surface area contributed by atoms with E-state index in [0.29, 0.717) is 10.5 Å². The van der Waals surface area contributed by atoms with E-state index in [0.717, 1.165) is 12.4 Å². The van der Waals surface area contributed by atoms with Crippen LogP contribution in [0.2, 0.25) is 0 Å². The molecule has 9 heteroatoms. The van der Waals surface area contributed by atoms with Crippen LogP contribution >= 0.6 is 15.9 Å². The first kappa shape index (κ1) is 13.6. The highest BCUT2D eigenvalue weighted by Crippen LogP contribution is 2.30. The molecule has 100 valence electrons. The van der Waals surface area contributed by atoms with Gasteiger partial charge in [0.2, 0.25) is 0 Å². The second-order valence-electron chi connectivity index (χ2n) is 3.40. The second-order valence-corrected chi connectivity index (χ2v) is 4.20. The molecule has 0 saturated heterocycles. The minimum absolute atomic E-state index is 0.104. The first-order chi connectivity index (χ1) is 9.02. The highest BCUT2D eigenvalue weighted by atomic mass is 79.9. The number of hydrogen-bond acceptors (Lipinski definition) is 5. The molecule has 0 aliphatic carbocycles. The molecule has 19 heavy (non-hydrogen) atoms. The third-order valence-corrected chi connectivity index (χ3v) is 2.92. The Bertz CT molecular complexity index is 622. The van der Waals surface area contributed by atoms with Crippen molar-refractivity contribution in [3.8, 4) is 0 Å². The molecule has 0 unspecified atom stereocenters. The highest BCUT2D eigenvalue weighted by molar-refractivity contribution is 9.10. The Morgan fingerprint density at radius 3 is 2.47 bits per heavy atom. The van der Waals surface area contributed by atoms with E-state index in [2.05, 4.69) is 36.6 Å². The van der Waals surface area contributed by atoms with E-state index in [1.54, 1.807) is 0 Å². The Labute approximate surface area is 114 Å². The third-order valence-electron chi connectivity index (χ3n) is 2.17. The van der Waals surface area contributed by atoms with Gasteiger partial charge in [0.25, 0.3) is 0 Å². The molecule has 5 nitrogen and oxygen atoms in total. The van der Waals surface area contributed by atoms with Gasteiger partial charge in [-0.15, -0.1) is 0 Å². The normalized spacial score (nSPS) is 10.4. The van der Waals surface area contributed by atoms with Gasteiger partial charge in [0.05, 0.1) is 5.69 Å². The van der Waals surface area contributed by atoms with E-state index in [1.807, 2.05) is 0 Å². The topological polar surface area (TPSA) is 75.9 Å². The van der Waals surface area contributed by atoms with Crippen molar-refractivity contribution >= 4 is 33.3 Å². The minimum atomic E-state index is -1.30. The summed E-state index contributed by atoms with van der Waals surface area (Å²) in [6, 6.07) is 1.25. The Morgan fingerprint density at radius 2 is 1.79 bits per heavy atom. The average Bonchev–Trinajstić information content (AvgIpc) is 2.37. The molecule has 1 heterocycles. The Balaban J connectivity index is 2.42. The van der Waals surface area contributed by atoms with Gasteiger partial charge >= 0.3 is 0 Å². The zero-order valence-electron chi connectivity index (χ0n) is 9.22. The molecule has 0 aliphatic rings. The van der Waals surface area contributed by atoms with Crippen molar-refractivity contribution in [2.75, 3.05) is 10.7 Å². The van der Waals surface area contributed by atoms with Gasteiger partial charge in [0.15, 0.2) is 17.5 Å². The lowest BCUT2D eigenvalue weighted by molar-refractivity contribution is 0.498. The predicted molar refractivity (Wildman–Crippen MR) is 67.1 cm³/mol. The van der Waals surface area contributed by atoms with Crippen LogP contribution in [-0.4, -0.2) is 9.97 Å². The largest absolute Gasteiger partial charge is 0.337 e. The third kappa shape index (κ3) is 2.76. The van der Waals surface area contributed by atoms with Crippen LogP contribution in [0.3, 0.4) is 0 Å². The lowest BCUT2D eigenvalue weighted by atomic mass is 10.3. The van der Waals surface area contributed by atoms with Gasteiger partial charge in [-0.05, 0) is 15.9 Å². The number of nitrogens with one attached hydrogen (secondary N) is 2. The maximum Gasteiger partial charge on any atom is 0.182 e. The van der Waals surface area contributed by atoms with Crippen LogP contribution in [0.5, 0.6) is 0 Å². The van der Waals surface area contributed by atoms with Crippen LogP contribution in [-0.2, 0) is 0 Å². The minimum Gasteiger partial charge on any atom is -0.337 e. The number of halogens is 4. The summed E-state index contributed by atoms with van der Waals surface area (Å²) in [5.74, 6) is 2.11. The van der Waals surface area contributed by atoms with E-state index in [9.17, 15) is 13.2 Å². The molecular formula is C10H7BrF3N5. The second kappa shape index (κ2) is 5.41. The van der Waals surface area contributed by atoms with Crippen molar-refractivity contribution in [3.05, 3.63) is 40.4 Å². The molecule has 0 radical (unpaired) electrons. The van der Waals surface area contributed by atoms with Gasteiger partial charge < -0.3 is 10.7 Å². The number of rotatable bonds is 3. The van der Waals surface area contributed by atoms with Gasteiger partial charge in [-0.3, -0.25) is 0 Å². The van der Waals surface area contributed by atoms with Gasteiger partial charge in [-0.25, -0.2) is 29.0 Å². The molecule has 0 amide bonds. The zero-order valence-corrected chi connectivity index (χ0v) is 10.8. The fourth-order valence-electron chi connectivity index (χ4n) is 1.33. The summed E-state index contributed by atoms with van der Waals surface area (Å²) in [4.78, 5) is 7.59. The van der Waals surface area contributed by atoms with Gasteiger partial charge in [-0.1, -0.05) is 0 Å². The summed E-state index contributed by atoms with van der Waals surface area (Å²) in [7, 11) is 0. The van der Waals surface area contributed by atoms with Gasteiger partial charge in [-0.2, -0.15) is 0 Å². The van der Waals surface area contributed by atoms with E-state index < -0.39 is 17.5 Å². The maximum absolute atomic E-state index is 13.5. The standard InChI is InChI=1S/C10H7BrF3N5/c11-7-9(16-3-17-10(7)19-15)18-6-2-4(12)1-5(13)8(6)14/h1-3H,15H2,(H2,16,17,18,19). The molecule has 0 aliphatic heterocycles. The summed E-state index contributed by atoms with van der Waals surface area (Å²) in [5, 5.41) is 2.45. The molecule has 1 aromatic heterocycles. The molecule has 0 bridgehead atoms. The van der Waals surface area contributed by atoms with Crippen LogP contribution in [0.4, 0.5) is 30.5 Å². The summed E-state index contributed by atoms with van der Waals surface area (Å²) in [6.45, 7) is 0. The van der Waals surface area contributed by atoms with Gasteiger partial charge in [0.1, 0.15) is 22.4 Å². The summed E-state index contributed by atoms with van der Waals surface area (Å²) < 4.78 is 39.9. The summed E-state index contributed by atoms with van der Waals surface area (Å²) >= 11 is 3.12. The Morgan fingerprint density at radius 1 is 1.11 bits per heavy atom. The molecule has 0 fully saturated rings. The molecule has 0 spiro atoms. The lowest BCUT2D eigenvalue weighted by Gasteiger charge is -2.10. The monoisotopic (exact) mass is 333 g/mol. The number of nitrogens with two attached hydrogens (primary N) is 1. The van der Waals surface area contributed by atoms with E-state index in [-0.39, 0.29) is 17.3 Å². The number of nitrogens with zero attached hydrogens (tertiary/aromatic N) is 2. The molecule has 2 aromatic rings. The lowest BCUT2D eigenvalue weighted by Crippen LogP contribution is -2.10. The van der Waals surface area contributed by atoms with E-state index in [1.165, 1.54) is 0 Å². The number of nitrogen functional groups attached to an aromatic ring is 1. The Hall–Kier alpha value is -1.87. The molecule has 2 rings (SSSR count). The highest BCUT2D eigenvalue weighted by Gasteiger charge is 2.14. The fourth-order valence-corrected chi connectivity index (χ4v) is 1.75. The number of hydrogen-bond donors (Lipinski definition) is 3. The van der Waals surface area contributed by atoms with Crippen molar-refractivity contribution in [1.82, 2.24) is 9.97 Å². The van der Waals surface area contributed by atoms with Crippen LogP contribution in [0.15, 0.2) is 22.9 Å². The van der Waals surface area contributed by atoms with Crippen LogP contribution < -0.4 is 16.6 Å². The van der Waals surface area contributed by atoms with Crippen molar-refractivity contribution in [3.63, 3.8) is 0 Å². The molecule has 0 atom stereocenters. The molecular weight excluding hydrogens is 327 g/mol. The number of anilines is 3. The predicted octanol–water partition coefficient (Wildman–Crippen LogP) is 2.69. The van der Waals surface area contributed by atoms with Gasteiger partial charge in [0, 0.05) is 12.1 Å². The zero-order chi connectivity index (χ0) is 14.0. The van der Waals surface area contributed by atoms with Crippen LogP contribution in [0.1, 0.15) is 0 Å². The summed E-state index contributed by atoms with van der Waals surface area (Å²) in [6.07, 6.45) is 1.15. The first-order valence-corrected chi connectivity index (χ1v) is 5.71. The quantitative estimate of drug-likeness (QED) is 0.457. The first-order valence-electron chi connectivity index (χ1n) is 4.91. The number of benzene rings is 1. The fraction of sp³-hybridized carbons (Fsp3) is 0. The van der Waals surface area contributed by atoms with Crippen molar-refractivity contribution in [1.29, 1.82) is 0 Å². The maximum atomic E-state index is 13.5. The molecule has 1 aromatic carbocycles. The van der Waals surface area contributed by atoms with E-state index in [4.69, 9.17) is 5.84 Å². The van der Waals surface area contributed by atoms with Crippen molar-refractivity contribution in [2.24, 2.45) is 5.84 Å². The molecule has 4 N–H and O–H groups in total. The van der Waals surface area contributed by atoms with Crippen molar-refractivity contribution in [2.45, 2.75) is 0 Å². The summed E-state index contributed by atoms with van der Waals surface area (Å²) in [5.41, 5.74) is 1.89. The number of hydrazine groups is 1. The van der Waals surface area contributed by atoms with E-state index >= 15 is 0 Å². The Kier molecular flexibility index (Phi) is 3.86. The molecule has 0 saturated carbocycles. The SMILES string of the molecule is NNc1ncnc(Nc2cc(F)cc(F)c2F)c1Br. The van der Waals surface area contributed by atoms with Crippen LogP contribution in [0.25, 0.3) is 0 Å².